The highest BCUT2D eigenvalue weighted by Crippen LogP contribution is 2.38. The Kier molecular flexibility index (Phi) is 5.42. The molecule has 0 radical (unpaired) electrons. The van der Waals surface area contributed by atoms with Crippen LogP contribution in [0.5, 0.6) is 5.75 Å². The summed E-state index contributed by atoms with van der Waals surface area (Å²) in [5.74, 6) is 0.716. The molecule has 0 saturated carbocycles. The quantitative estimate of drug-likeness (QED) is 0.597. The average molecular weight is 467 g/mol. The van der Waals surface area contributed by atoms with Crippen molar-refractivity contribution in [3.05, 3.63) is 29.4 Å². The van der Waals surface area contributed by atoms with Gasteiger partial charge in [-0.05, 0) is 44.7 Å². The maximum Gasteiger partial charge on any atom is 0.218 e. The van der Waals surface area contributed by atoms with Gasteiger partial charge in [-0.15, -0.1) is 20.4 Å². The van der Waals surface area contributed by atoms with E-state index in [9.17, 15) is 5.11 Å². The smallest absolute Gasteiger partial charge is 0.218 e. The summed E-state index contributed by atoms with van der Waals surface area (Å²) in [5, 5.41) is 39.9. The minimum atomic E-state index is -1.03. The lowest BCUT2D eigenvalue weighted by molar-refractivity contribution is 0.0405. The second-order valence-electron chi connectivity index (χ2n) is 8.86. The molecule has 0 amide bonds. The maximum absolute atomic E-state index is 15.4. The van der Waals surface area contributed by atoms with Gasteiger partial charge in [0.05, 0.1) is 17.8 Å². The van der Waals surface area contributed by atoms with Gasteiger partial charge in [0.2, 0.25) is 5.01 Å². The number of aromatic hydroxyl groups is 1. The van der Waals surface area contributed by atoms with Crippen LogP contribution in [0.2, 0.25) is 0 Å². The van der Waals surface area contributed by atoms with E-state index in [-0.39, 0.29) is 22.6 Å². The number of rotatable bonds is 4. The van der Waals surface area contributed by atoms with Crippen molar-refractivity contribution in [2.75, 3.05) is 11.9 Å². The van der Waals surface area contributed by atoms with Crippen molar-refractivity contribution < 1.29 is 9.50 Å². The first-order chi connectivity index (χ1) is 15.9. The minimum absolute atomic E-state index is 0.0351. The molecule has 2 aromatic heterocycles. The predicted octanol–water partition coefficient (Wildman–Crippen LogP) is 3.08. The third kappa shape index (κ3) is 3.89. The number of alkyl halides is 1. The van der Waals surface area contributed by atoms with Gasteiger partial charge in [0.25, 0.3) is 0 Å². The van der Waals surface area contributed by atoms with Crippen LogP contribution in [0, 0.1) is 11.3 Å². The third-order valence-electron chi connectivity index (χ3n) is 6.67. The number of anilines is 1. The molecule has 1 aromatic carbocycles. The Morgan fingerprint density at radius 1 is 1.30 bits per heavy atom. The summed E-state index contributed by atoms with van der Waals surface area (Å²) in [4.78, 5) is 6.21. The van der Waals surface area contributed by atoms with E-state index < -0.39 is 11.7 Å². The lowest BCUT2D eigenvalue weighted by Gasteiger charge is -2.52. The van der Waals surface area contributed by atoms with Crippen molar-refractivity contribution in [2.24, 2.45) is 0 Å². The van der Waals surface area contributed by atoms with Crippen LogP contribution < -0.4 is 10.2 Å². The van der Waals surface area contributed by atoms with Crippen molar-refractivity contribution >= 4 is 17.2 Å². The van der Waals surface area contributed by atoms with Gasteiger partial charge in [0, 0.05) is 24.2 Å². The molecule has 0 aliphatic carbocycles. The molecule has 2 aliphatic rings. The van der Waals surface area contributed by atoms with Crippen LogP contribution >= 0.6 is 11.3 Å². The monoisotopic (exact) mass is 466 g/mol. The van der Waals surface area contributed by atoms with E-state index in [0.717, 1.165) is 30.6 Å². The van der Waals surface area contributed by atoms with Crippen LogP contribution in [0.1, 0.15) is 37.6 Å². The van der Waals surface area contributed by atoms with E-state index in [1.54, 1.807) is 18.3 Å². The van der Waals surface area contributed by atoms with Gasteiger partial charge in [0.15, 0.2) is 11.6 Å². The number of nitrogens with one attached hydrogen (secondary N) is 1. The zero-order chi connectivity index (χ0) is 23.2. The summed E-state index contributed by atoms with van der Waals surface area (Å²) in [6.45, 7) is 1.96. The Balaban J connectivity index is 1.36. The third-order valence-corrected chi connectivity index (χ3v) is 7.55. The molecule has 9 nitrogen and oxygen atoms in total. The van der Waals surface area contributed by atoms with E-state index in [4.69, 9.17) is 5.26 Å². The van der Waals surface area contributed by atoms with Gasteiger partial charge in [-0.2, -0.15) is 5.26 Å². The van der Waals surface area contributed by atoms with Crippen molar-refractivity contribution in [1.29, 1.82) is 5.26 Å². The summed E-state index contributed by atoms with van der Waals surface area (Å²) in [7, 11) is 1.83. The fourth-order valence-corrected chi connectivity index (χ4v) is 5.51. The highest BCUT2D eigenvalue weighted by molar-refractivity contribution is 7.15. The Morgan fingerprint density at radius 3 is 2.85 bits per heavy atom. The molecule has 2 fully saturated rings. The minimum Gasteiger partial charge on any atom is -0.507 e. The zero-order valence-electron chi connectivity index (χ0n) is 18.2. The molecule has 170 valence electrons. The number of phenolic OH excluding ortho intramolecular Hbond substituents is 1. The molecule has 2 N–H and O–H groups in total. The number of nitriles is 1. The molecule has 0 unspecified atom stereocenters. The molecule has 5 rings (SSSR count). The van der Waals surface area contributed by atoms with E-state index in [0.29, 0.717) is 34.4 Å². The van der Waals surface area contributed by atoms with Crippen LogP contribution in [0.3, 0.4) is 0 Å². The highest BCUT2D eigenvalue weighted by Gasteiger charge is 2.49. The van der Waals surface area contributed by atoms with Crippen molar-refractivity contribution in [3.8, 4) is 33.8 Å². The number of hydrogen-bond acceptors (Lipinski definition) is 10. The first-order valence-corrected chi connectivity index (χ1v) is 11.6. The van der Waals surface area contributed by atoms with Crippen LogP contribution in [0.4, 0.5) is 10.2 Å². The second kappa shape index (κ2) is 8.28. The lowest BCUT2D eigenvalue weighted by Crippen LogP contribution is -2.68. The second-order valence-corrected chi connectivity index (χ2v) is 9.84. The largest absolute Gasteiger partial charge is 0.507 e. The molecule has 2 saturated heterocycles. The maximum atomic E-state index is 15.4. The van der Waals surface area contributed by atoms with Crippen molar-refractivity contribution in [1.82, 2.24) is 30.7 Å². The lowest BCUT2D eigenvalue weighted by atomic mass is 9.73. The van der Waals surface area contributed by atoms with Crippen LogP contribution in [-0.4, -0.2) is 61.3 Å². The van der Waals surface area contributed by atoms with Crippen LogP contribution in [0.15, 0.2) is 24.4 Å². The van der Waals surface area contributed by atoms with Gasteiger partial charge in [-0.25, -0.2) is 9.37 Å². The number of fused-ring (bicyclic) bond motifs is 2. The van der Waals surface area contributed by atoms with Crippen molar-refractivity contribution in [2.45, 2.75) is 56.4 Å². The fraction of sp³-hybridized carbons (Fsp3) is 0.455. The van der Waals surface area contributed by atoms with Crippen LogP contribution in [0.25, 0.3) is 22.0 Å². The van der Waals surface area contributed by atoms with Gasteiger partial charge >= 0.3 is 0 Å². The Bertz CT molecular complexity index is 1210. The molecule has 4 atom stereocenters. The predicted molar refractivity (Wildman–Crippen MR) is 121 cm³/mol. The fourth-order valence-electron chi connectivity index (χ4n) is 4.87. The molecule has 3 aromatic rings. The molecular weight excluding hydrogens is 443 g/mol. The Morgan fingerprint density at radius 2 is 2.15 bits per heavy atom. The summed E-state index contributed by atoms with van der Waals surface area (Å²) in [6.07, 6.45) is 4.16. The Labute approximate surface area is 194 Å². The van der Waals surface area contributed by atoms with E-state index >= 15 is 4.39 Å². The SMILES string of the molecule is CN(c1cnc(-c2ccc(-c3nnc(C#N)s3)cc2O)nn1)[C@H]1C[C@@H]2CCC[C@@](C)(N2)[C@H]1F. The number of piperidine rings is 2. The Hall–Kier alpha value is -3.23. The zero-order valence-corrected chi connectivity index (χ0v) is 19.1. The topological polar surface area (TPSA) is 124 Å². The number of nitrogens with zero attached hydrogens (tertiary/aromatic N) is 7. The number of benzene rings is 1. The van der Waals surface area contributed by atoms with Gasteiger partial charge < -0.3 is 15.3 Å². The molecule has 4 heterocycles. The molecule has 2 bridgehead atoms. The van der Waals surface area contributed by atoms with Gasteiger partial charge in [-0.3, -0.25) is 0 Å². The van der Waals surface area contributed by atoms with Gasteiger partial charge in [0.1, 0.15) is 23.0 Å². The van der Waals surface area contributed by atoms with E-state index in [1.165, 1.54) is 6.07 Å². The number of aromatic nitrogens is 5. The number of halogens is 1. The number of hydrogen-bond donors (Lipinski definition) is 2. The molecule has 11 heteroatoms. The molecule has 0 spiro atoms. The summed E-state index contributed by atoms with van der Waals surface area (Å²) >= 11 is 1.14. The summed E-state index contributed by atoms with van der Waals surface area (Å²) in [6, 6.07) is 6.90. The van der Waals surface area contributed by atoms with E-state index in [2.05, 4.69) is 30.7 Å². The summed E-state index contributed by atoms with van der Waals surface area (Å²) in [5.41, 5.74) is 0.534. The summed E-state index contributed by atoms with van der Waals surface area (Å²) < 4.78 is 15.4. The highest BCUT2D eigenvalue weighted by atomic mass is 32.1. The first kappa shape index (κ1) is 21.6. The average Bonchev–Trinajstić information content (AvgIpc) is 3.31. The van der Waals surface area contributed by atoms with Crippen LogP contribution in [-0.2, 0) is 0 Å². The molecular formula is C22H23FN8OS. The standard InChI is InChI=1S/C22H23FN8OS/c1-22-7-3-4-13(26-22)9-15(19(22)23)31(2)17-11-25-20(29-27-17)14-6-5-12(8-16(14)32)21-30-28-18(10-24)33-21/h5-6,8,11,13,15,19,26,32H,3-4,7,9H2,1-2H3/t13-,15-,19-,22+/m0/s1. The first-order valence-electron chi connectivity index (χ1n) is 10.8. The molecule has 33 heavy (non-hydrogen) atoms. The van der Waals surface area contributed by atoms with E-state index in [1.807, 2.05) is 24.9 Å². The number of phenols is 1. The normalized spacial score (nSPS) is 26.5. The van der Waals surface area contributed by atoms with Crippen molar-refractivity contribution in [3.63, 3.8) is 0 Å². The van der Waals surface area contributed by atoms with Gasteiger partial charge in [-0.1, -0.05) is 17.4 Å². The molecule has 2 aliphatic heterocycles.